The standard InChI is InChI=1S/C12H26N2/c1-5-6-9-12(2)13-10-7-8-11-14(3)4/h5,12-13H,1,6-11H2,2-4H3. The zero-order chi connectivity index (χ0) is 10.8. The monoisotopic (exact) mass is 198 g/mol. The fraction of sp³-hybridized carbons (Fsp3) is 0.833. The average molecular weight is 198 g/mol. The van der Waals surface area contributed by atoms with Crippen molar-refractivity contribution in [3.05, 3.63) is 12.7 Å². The summed E-state index contributed by atoms with van der Waals surface area (Å²) in [6.45, 7) is 8.32. The van der Waals surface area contributed by atoms with Crippen molar-refractivity contribution in [3.63, 3.8) is 0 Å². The lowest BCUT2D eigenvalue weighted by Crippen LogP contribution is -2.27. The quantitative estimate of drug-likeness (QED) is 0.452. The van der Waals surface area contributed by atoms with E-state index >= 15 is 0 Å². The van der Waals surface area contributed by atoms with Crippen molar-refractivity contribution in [1.82, 2.24) is 10.2 Å². The molecule has 0 fully saturated rings. The third-order valence-electron chi connectivity index (χ3n) is 2.33. The van der Waals surface area contributed by atoms with Gasteiger partial charge >= 0.3 is 0 Å². The lowest BCUT2D eigenvalue weighted by molar-refractivity contribution is 0.387. The highest BCUT2D eigenvalue weighted by molar-refractivity contribution is 4.70. The Morgan fingerprint density at radius 1 is 1.36 bits per heavy atom. The fourth-order valence-electron chi connectivity index (χ4n) is 1.37. The maximum atomic E-state index is 3.73. The molecule has 84 valence electrons. The summed E-state index contributed by atoms with van der Waals surface area (Å²) in [5.41, 5.74) is 0. The Balaban J connectivity index is 3.14. The molecule has 2 nitrogen and oxygen atoms in total. The van der Waals surface area contributed by atoms with E-state index in [4.69, 9.17) is 0 Å². The molecule has 14 heavy (non-hydrogen) atoms. The summed E-state index contributed by atoms with van der Waals surface area (Å²) < 4.78 is 0. The molecule has 2 heteroatoms. The van der Waals surface area contributed by atoms with Gasteiger partial charge < -0.3 is 10.2 Å². The topological polar surface area (TPSA) is 15.3 Å². The molecule has 1 N–H and O–H groups in total. The Labute approximate surface area is 89.4 Å². The van der Waals surface area contributed by atoms with Crippen LogP contribution in [0.1, 0.15) is 32.6 Å². The predicted molar refractivity (Wildman–Crippen MR) is 64.7 cm³/mol. The van der Waals surface area contributed by atoms with Crippen molar-refractivity contribution < 1.29 is 0 Å². The van der Waals surface area contributed by atoms with E-state index in [0.29, 0.717) is 6.04 Å². The van der Waals surface area contributed by atoms with E-state index in [2.05, 4.69) is 37.8 Å². The molecule has 0 saturated heterocycles. The molecule has 0 bridgehead atoms. The summed E-state index contributed by atoms with van der Waals surface area (Å²) >= 11 is 0. The Morgan fingerprint density at radius 2 is 2.07 bits per heavy atom. The van der Waals surface area contributed by atoms with Crippen molar-refractivity contribution in [2.24, 2.45) is 0 Å². The second kappa shape index (κ2) is 9.22. The van der Waals surface area contributed by atoms with Crippen LogP contribution in [0.25, 0.3) is 0 Å². The maximum Gasteiger partial charge on any atom is 0.00416 e. The number of nitrogens with zero attached hydrogens (tertiary/aromatic N) is 1. The van der Waals surface area contributed by atoms with Crippen molar-refractivity contribution >= 4 is 0 Å². The molecule has 0 aliphatic carbocycles. The van der Waals surface area contributed by atoms with Gasteiger partial charge in [0.15, 0.2) is 0 Å². The molecule has 0 aliphatic rings. The van der Waals surface area contributed by atoms with Gasteiger partial charge in [0, 0.05) is 6.04 Å². The minimum Gasteiger partial charge on any atom is -0.314 e. The number of allylic oxidation sites excluding steroid dienone is 1. The molecular formula is C12H26N2. The van der Waals surface area contributed by atoms with Gasteiger partial charge in [-0.2, -0.15) is 0 Å². The maximum absolute atomic E-state index is 3.73. The van der Waals surface area contributed by atoms with Crippen LogP contribution in [0.15, 0.2) is 12.7 Å². The van der Waals surface area contributed by atoms with Crippen molar-refractivity contribution in [3.8, 4) is 0 Å². The molecular weight excluding hydrogens is 172 g/mol. The van der Waals surface area contributed by atoms with Crippen LogP contribution >= 0.6 is 0 Å². The average Bonchev–Trinajstić information content (AvgIpc) is 2.13. The van der Waals surface area contributed by atoms with Gasteiger partial charge in [0.05, 0.1) is 0 Å². The Hall–Kier alpha value is -0.340. The van der Waals surface area contributed by atoms with Gasteiger partial charge in [0.2, 0.25) is 0 Å². The molecule has 0 aromatic carbocycles. The molecule has 0 aromatic rings. The lowest BCUT2D eigenvalue weighted by Gasteiger charge is -2.13. The van der Waals surface area contributed by atoms with Crippen LogP contribution in [-0.2, 0) is 0 Å². The van der Waals surface area contributed by atoms with Gasteiger partial charge in [0.25, 0.3) is 0 Å². The number of hydrogen-bond donors (Lipinski definition) is 1. The molecule has 0 aliphatic heterocycles. The fourth-order valence-corrected chi connectivity index (χ4v) is 1.37. The zero-order valence-electron chi connectivity index (χ0n) is 10.1. The van der Waals surface area contributed by atoms with Gasteiger partial charge in [0.1, 0.15) is 0 Å². The summed E-state index contributed by atoms with van der Waals surface area (Å²) in [7, 11) is 4.25. The van der Waals surface area contributed by atoms with Crippen molar-refractivity contribution in [1.29, 1.82) is 0 Å². The molecule has 0 aromatic heterocycles. The highest BCUT2D eigenvalue weighted by Gasteiger charge is 1.98. The van der Waals surface area contributed by atoms with Crippen LogP contribution in [0, 0.1) is 0 Å². The van der Waals surface area contributed by atoms with E-state index in [0.717, 1.165) is 13.0 Å². The van der Waals surface area contributed by atoms with Crippen LogP contribution in [0.3, 0.4) is 0 Å². The first kappa shape index (κ1) is 13.7. The van der Waals surface area contributed by atoms with E-state index in [1.165, 1.54) is 25.8 Å². The number of unbranched alkanes of at least 4 members (excludes halogenated alkanes) is 1. The van der Waals surface area contributed by atoms with Gasteiger partial charge in [-0.25, -0.2) is 0 Å². The SMILES string of the molecule is C=CCCC(C)NCCCCN(C)C. The smallest absolute Gasteiger partial charge is 0.00416 e. The van der Waals surface area contributed by atoms with E-state index in [1.54, 1.807) is 0 Å². The Kier molecular flexibility index (Phi) is 9.00. The molecule has 1 unspecified atom stereocenters. The Morgan fingerprint density at radius 3 is 2.64 bits per heavy atom. The van der Waals surface area contributed by atoms with Gasteiger partial charge in [-0.3, -0.25) is 0 Å². The van der Waals surface area contributed by atoms with E-state index in [9.17, 15) is 0 Å². The molecule has 0 radical (unpaired) electrons. The molecule has 1 atom stereocenters. The minimum atomic E-state index is 0.632. The van der Waals surface area contributed by atoms with Crippen LogP contribution < -0.4 is 5.32 Å². The normalized spacial score (nSPS) is 13.1. The Bertz CT molecular complexity index is 132. The third-order valence-corrected chi connectivity index (χ3v) is 2.33. The van der Waals surface area contributed by atoms with Gasteiger partial charge in [-0.15, -0.1) is 6.58 Å². The number of rotatable bonds is 9. The highest BCUT2D eigenvalue weighted by Crippen LogP contribution is 1.97. The van der Waals surface area contributed by atoms with E-state index in [1.807, 2.05) is 6.08 Å². The van der Waals surface area contributed by atoms with Crippen molar-refractivity contribution in [2.75, 3.05) is 27.2 Å². The molecule has 0 saturated carbocycles. The van der Waals surface area contributed by atoms with Crippen LogP contribution in [0.5, 0.6) is 0 Å². The first-order valence-electron chi connectivity index (χ1n) is 5.65. The van der Waals surface area contributed by atoms with Crippen LogP contribution in [0.2, 0.25) is 0 Å². The second-order valence-corrected chi connectivity index (χ2v) is 4.23. The van der Waals surface area contributed by atoms with E-state index in [-0.39, 0.29) is 0 Å². The minimum absolute atomic E-state index is 0.632. The van der Waals surface area contributed by atoms with Gasteiger partial charge in [-0.05, 0) is 59.8 Å². The summed E-state index contributed by atoms with van der Waals surface area (Å²) in [4.78, 5) is 2.24. The first-order chi connectivity index (χ1) is 6.66. The molecule has 0 heterocycles. The molecule has 0 spiro atoms. The van der Waals surface area contributed by atoms with E-state index < -0.39 is 0 Å². The second-order valence-electron chi connectivity index (χ2n) is 4.23. The largest absolute Gasteiger partial charge is 0.314 e. The molecule has 0 rings (SSSR count). The summed E-state index contributed by atoms with van der Waals surface area (Å²) in [6.07, 6.45) is 6.87. The summed E-state index contributed by atoms with van der Waals surface area (Å²) in [6, 6.07) is 0.632. The van der Waals surface area contributed by atoms with Crippen molar-refractivity contribution in [2.45, 2.75) is 38.6 Å². The number of hydrogen-bond acceptors (Lipinski definition) is 2. The summed E-state index contributed by atoms with van der Waals surface area (Å²) in [5.74, 6) is 0. The van der Waals surface area contributed by atoms with Crippen LogP contribution in [0.4, 0.5) is 0 Å². The molecule has 0 amide bonds. The van der Waals surface area contributed by atoms with Gasteiger partial charge in [-0.1, -0.05) is 6.08 Å². The number of nitrogens with one attached hydrogen (secondary N) is 1. The predicted octanol–water partition coefficient (Wildman–Crippen LogP) is 2.27. The third kappa shape index (κ3) is 9.75. The van der Waals surface area contributed by atoms with Crippen LogP contribution in [-0.4, -0.2) is 38.1 Å². The first-order valence-corrected chi connectivity index (χ1v) is 5.65. The lowest BCUT2D eigenvalue weighted by atomic mass is 10.2. The highest BCUT2D eigenvalue weighted by atomic mass is 15.0. The zero-order valence-corrected chi connectivity index (χ0v) is 10.1. The summed E-state index contributed by atoms with van der Waals surface area (Å²) in [5, 5.41) is 3.52.